The topological polar surface area (TPSA) is 53.4 Å². The van der Waals surface area contributed by atoms with E-state index in [0.717, 1.165) is 16.0 Å². The number of thiazole rings is 1. The molecule has 0 atom stereocenters. The molecular weight excluding hydrogens is 209 g/mol. The summed E-state index contributed by atoms with van der Waals surface area (Å²) in [5, 5.41) is 18.2. The molecule has 0 amide bonds. The fraction of sp³-hybridized carbons (Fsp3) is 0.100. The van der Waals surface area contributed by atoms with Gasteiger partial charge in [-0.25, -0.2) is 0 Å². The van der Waals surface area contributed by atoms with Gasteiger partial charge < -0.3 is 10.0 Å². The molecule has 0 fully saturated rings. The lowest BCUT2D eigenvalue weighted by Crippen LogP contribution is -2.30. The molecule has 0 aliphatic rings. The first-order valence-corrected chi connectivity index (χ1v) is 5.41. The van der Waals surface area contributed by atoms with Crippen molar-refractivity contribution in [1.29, 1.82) is 0 Å². The van der Waals surface area contributed by atoms with Crippen molar-refractivity contribution in [2.75, 3.05) is 0 Å². The number of aromatic nitrogens is 1. The van der Waals surface area contributed by atoms with Gasteiger partial charge in [-0.2, -0.15) is 0 Å². The van der Waals surface area contributed by atoms with Crippen LogP contribution in [0, 0.1) is 6.92 Å². The van der Waals surface area contributed by atoms with E-state index in [0.29, 0.717) is 5.46 Å². The Morgan fingerprint density at radius 3 is 2.67 bits per heavy atom. The van der Waals surface area contributed by atoms with Gasteiger partial charge in [0.15, 0.2) is 0 Å². The van der Waals surface area contributed by atoms with Crippen molar-refractivity contribution in [2.45, 2.75) is 6.92 Å². The van der Waals surface area contributed by atoms with E-state index in [2.05, 4.69) is 4.98 Å². The molecule has 0 saturated carbocycles. The average Bonchev–Trinajstić information content (AvgIpc) is 2.69. The predicted octanol–water partition coefficient (Wildman–Crippen LogP) is 0.798. The van der Waals surface area contributed by atoms with E-state index in [4.69, 9.17) is 10.0 Å². The summed E-state index contributed by atoms with van der Waals surface area (Å²) in [4.78, 5) is 5.02. The van der Waals surface area contributed by atoms with Gasteiger partial charge in [-0.15, -0.1) is 11.3 Å². The Hall–Kier alpha value is -1.17. The van der Waals surface area contributed by atoms with Crippen LogP contribution in [0.1, 0.15) is 5.56 Å². The lowest BCUT2D eigenvalue weighted by Gasteiger charge is -2.04. The summed E-state index contributed by atoms with van der Waals surface area (Å²) in [6.45, 7) is 1.93. The number of benzene rings is 1. The molecule has 0 aliphatic heterocycles. The van der Waals surface area contributed by atoms with Gasteiger partial charge in [0.1, 0.15) is 0 Å². The maximum absolute atomic E-state index is 9.11. The predicted molar refractivity (Wildman–Crippen MR) is 62.1 cm³/mol. The van der Waals surface area contributed by atoms with Crippen LogP contribution in [0.2, 0.25) is 0 Å². The molecule has 2 aromatic rings. The maximum Gasteiger partial charge on any atom is 0.488 e. The minimum absolute atomic E-state index is 0.512. The monoisotopic (exact) mass is 219 g/mol. The number of nitrogens with zero attached hydrogens (tertiary/aromatic N) is 1. The number of aryl methyl sites for hydroxylation is 1. The van der Waals surface area contributed by atoms with Crippen molar-refractivity contribution in [3.8, 4) is 10.4 Å². The largest absolute Gasteiger partial charge is 0.488 e. The van der Waals surface area contributed by atoms with Crippen molar-refractivity contribution in [1.82, 2.24) is 4.98 Å². The van der Waals surface area contributed by atoms with E-state index < -0.39 is 7.12 Å². The lowest BCUT2D eigenvalue weighted by atomic mass is 9.78. The normalized spacial score (nSPS) is 10.3. The van der Waals surface area contributed by atoms with Gasteiger partial charge in [-0.1, -0.05) is 23.8 Å². The molecule has 0 bridgehead atoms. The van der Waals surface area contributed by atoms with Gasteiger partial charge in [0.05, 0.1) is 10.4 Å². The molecule has 2 rings (SSSR count). The minimum Gasteiger partial charge on any atom is -0.423 e. The van der Waals surface area contributed by atoms with E-state index in [1.54, 1.807) is 23.8 Å². The fourth-order valence-electron chi connectivity index (χ4n) is 1.46. The van der Waals surface area contributed by atoms with Crippen LogP contribution in [0.15, 0.2) is 29.9 Å². The lowest BCUT2D eigenvalue weighted by molar-refractivity contribution is 0.426. The summed E-state index contributed by atoms with van der Waals surface area (Å²) in [7, 11) is -1.42. The molecule has 3 nitrogen and oxygen atoms in total. The Balaban J connectivity index is 2.49. The molecule has 1 heterocycles. The van der Waals surface area contributed by atoms with Crippen molar-refractivity contribution in [2.24, 2.45) is 0 Å². The standard InChI is InChI=1S/C10H10BNO2S/c1-7-2-8(10-5-12-6-15-10)4-9(3-7)11(13)14/h2-6,13-14H,1H3. The zero-order valence-electron chi connectivity index (χ0n) is 8.21. The third-order valence-electron chi connectivity index (χ3n) is 2.11. The van der Waals surface area contributed by atoms with Crippen molar-refractivity contribution < 1.29 is 10.0 Å². The highest BCUT2D eigenvalue weighted by molar-refractivity contribution is 7.13. The molecule has 15 heavy (non-hydrogen) atoms. The summed E-state index contributed by atoms with van der Waals surface area (Å²) in [6.07, 6.45) is 1.77. The van der Waals surface area contributed by atoms with Crippen LogP contribution < -0.4 is 5.46 Å². The van der Waals surface area contributed by atoms with Crippen LogP contribution in [0.5, 0.6) is 0 Å². The highest BCUT2D eigenvalue weighted by Gasteiger charge is 2.12. The highest BCUT2D eigenvalue weighted by Crippen LogP contribution is 2.22. The van der Waals surface area contributed by atoms with E-state index >= 15 is 0 Å². The average molecular weight is 219 g/mol. The van der Waals surface area contributed by atoms with E-state index in [1.165, 1.54) is 11.3 Å². The molecule has 0 radical (unpaired) electrons. The third-order valence-corrected chi connectivity index (χ3v) is 2.94. The summed E-state index contributed by atoms with van der Waals surface area (Å²) in [5.41, 5.74) is 4.25. The van der Waals surface area contributed by atoms with E-state index in [9.17, 15) is 0 Å². The summed E-state index contributed by atoms with van der Waals surface area (Å²) >= 11 is 1.53. The van der Waals surface area contributed by atoms with Crippen molar-refractivity contribution >= 4 is 23.9 Å². The first kappa shape index (κ1) is 10.4. The molecule has 76 valence electrons. The molecule has 0 spiro atoms. The maximum atomic E-state index is 9.11. The Morgan fingerprint density at radius 2 is 2.07 bits per heavy atom. The van der Waals surface area contributed by atoms with Gasteiger partial charge in [-0.3, -0.25) is 4.98 Å². The molecule has 0 aliphatic carbocycles. The molecule has 5 heteroatoms. The smallest absolute Gasteiger partial charge is 0.423 e. The SMILES string of the molecule is Cc1cc(B(O)O)cc(-c2cncs2)c1. The van der Waals surface area contributed by atoms with Crippen LogP contribution in [0.4, 0.5) is 0 Å². The van der Waals surface area contributed by atoms with Gasteiger partial charge >= 0.3 is 7.12 Å². The second-order valence-corrected chi connectivity index (χ2v) is 4.26. The Labute approximate surface area is 92.2 Å². The first-order chi connectivity index (χ1) is 7.16. The Bertz CT molecular complexity index is 456. The zero-order chi connectivity index (χ0) is 10.8. The van der Waals surface area contributed by atoms with E-state index in [1.807, 2.05) is 13.0 Å². The molecule has 1 aromatic carbocycles. The highest BCUT2D eigenvalue weighted by atomic mass is 32.1. The summed E-state index contributed by atoms with van der Waals surface area (Å²) in [6, 6.07) is 5.53. The van der Waals surface area contributed by atoms with Gasteiger partial charge in [0, 0.05) is 6.20 Å². The molecular formula is C10H10BNO2S. The second kappa shape index (κ2) is 4.14. The van der Waals surface area contributed by atoms with Gasteiger partial charge in [-0.05, 0) is 17.9 Å². The Kier molecular flexibility index (Phi) is 2.86. The number of hydrogen-bond acceptors (Lipinski definition) is 4. The van der Waals surface area contributed by atoms with Crippen LogP contribution in [-0.4, -0.2) is 22.2 Å². The third kappa shape index (κ3) is 2.26. The zero-order valence-corrected chi connectivity index (χ0v) is 9.03. The molecule has 1 aromatic heterocycles. The quantitative estimate of drug-likeness (QED) is 0.734. The fourth-order valence-corrected chi connectivity index (χ4v) is 2.07. The van der Waals surface area contributed by atoms with Crippen LogP contribution >= 0.6 is 11.3 Å². The molecule has 2 N–H and O–H groups in total. The molecule has 0 saturated heterocycles. The second-order valence-electron chi connectivity index (χ2n) is 3.37. The minimum atomic E-state index is -1.42. The van der Waals surface area contributed by atoms with Gasteiger partial charge in [0.2, 0.25) is 0 Å². The number of rotatable bonds is 2. The van der Waals surface area contributed by atoms with Gasteiger partial charge in [0.25, 0.3) is 0 Å². The van der Waals surface area contributed by atoms with Crippen molar-refractivity contribution in [3.63, 3.8) is 0 Å². The van der Waals surface area contributed by atoms with E-state index in [-0.39, 0.29) is 0 Å². The van der Waals surface area contributed by atoms with Crippen LogP contribution in [0.3, 0.4) is 0 Å². The molecule has 0 unspecified atom stereocenters. The summed E-state index contributed by atoms with van der Waals surface area (Å²) in [5.74, 6) is 0. The summed E-state index contributed by atoms with van der Waals surface area (Å²) < 4.78 is 0. The Morgan fingerprint density at radius 1 is 1.27 bits per heavy atom. The van der Waals surface area contributed by atoms with Crippen molar-refractivity contribution in [3.05, 3.63) is 35.5 Å². The first-order valence-electron chi connectivity index (χ1n) is 4.53. The number of hydrogen-bond donors (Lipinski definition) is 2. The van der Waals surface area contributed by atoms with Crippen LogP contribution in [0.25, 0.3) is 10.4 Å². The van der Waals surface area contributed by atoms with Crippen LogP contribution in [-0.2, 0) is 0 Å².